The van der Waals surface area contributed by atoms with Crippen LogP contribution in [0, 0.1) is 23.1 Å². The van der Waals surface area contributed by atoms with Crippen molar-refractivity contribution >= 4 is 66.1 Å². The number of sulfonamides is 1. The summed E-state index contributed by atoms with van der Waals surface area (Å²) in [5.74, 6) is 0.0666. The van der Waals surface area contributed by atoms with Gasteiger partial charge < -0.3 is 15.1 Å². The highest BCUT2D eigenvalue weighted by Crippen LogP contribution is 2.59. The molecule has 5 aliphatic rings. The van der Waals surface area contributed by atoms with Crippen LogP contribution in [0.3, 0.4) is 0 Å². The number of amides is 1. The summed E-state index contributed by atoms with van der Waals surface area (Å²) in [6.07, 6.45) is 5.75. The fourth-order valence-corrected chi connectivity index (χ4v) is 14.1. The van der Waals surface area contributed by atoms with Crippen LogP contribution in [-0.2, 0) is 19.9 Å². The van der Waals surface area contributed by atoms with Crippen LogP contribution in [-0.4, -0.2) is 126 Å². The number of alkyl halides is 3. The largest absolute Gasteiger partial charge is 0.501 e. The summed E-state index contributed by atoms with van der Waals surface area (Å²) in [6.45, 7) is 14.6. The number of likely N-dealkylation sites (tertiary alicyclic amines) is 2. The molecule has 0 bridgehead atoms. The van der Waals surface area contributed by atoms with Gasteiger partial charge >= 0.3 is 5.51 Å². The molecule has 2 aliphatic carbocycles. The molecule has 3 aliphatic heterocycles. The van der Waals surface area contributed by atoms with E-state index in [4.69, 9.17) is 11.6 Å². The molecule has 0 radical (unpaired) electrons. The van der Waals surface area contributed by atoms with E-state index in [0.29, 0.717) is 65.7 Å². The first-order valence-corrected chi connectivity index (χ1v) is 29.1. The van der Waals surface area contributed by atoms with Crippen LogP contribution < -0.4 is 14.9 Å². The zero-order valence-corrected chi connectivity index (χ0v) is 44.1. The topological polar surface area (TPSA) is 122 Å². The monoisotopic (exact) mass is 1070 g/mol. The molecule has 388 valence electrons. The summed E-state index contributed by atoms with van der Waals surface area (Å²) in [5.41, 5.74) is -1.94. The Balaban J connectivity index is 0.854. The van der Waals surface area contributed by atoms with Crippen LogP contribution in [0.15, 0.2) is 111 Å². The number of hydrogen-bond acceptors (Lipinski definition) is 11. The van der Waals surface area contributed by atoms with Crippen LogP contribution in [0.2, 0.25) is 5.02 Å². The summed E-state index contributed by atoms with van der Waals surface area (Å²) in [6, 6.07) is 22.7. The van der Waals surface area contributed by atoms with Crippen molar-refractivity contribution in [2.24, 2.45) is 17.3 Å². The first kappa shape index (κ1) is 52.7. The van der Waals surface area contributed by atoms with Crippen molar-refractivity contribution < 1.29 is 39.2 Å². The maximum absolute atomic E-state index is 15.1. The molecule has 9 rings (SSSR count). The number of rotatable bonds is 16. The molecule has 3 saturated heterocycles. The molecule has 3 atom stereocenters. The summed E-state index contributed by atoms with van der Waals surface area (Å²) in [5, 5.41) is 3.44. The molecule has 1 spiro atoms. The van der Waals surface area contributed by atoms with Gasteiger partial charge in [-0.3, -0.25) is 14.6 Å². The Morgan fingerprint density at radius 3 is 2.14 bits per heavy atom. The van der Waals surface area contributed by atoms with Crippen molar-refractivity contribution in [1.29, 1.82) is 0 Å². The third kappa shape index (κ3) is 12.0. The highest BCUT2D eigenvalue weighted by Gasteiger charge is 2.49. The van der Waals surface area contributed by atoms with Crippen molar-refractivity contribution in [1.82, 2.24) is 19.4 Å². The molecule has 72 heavy (non-hydrogen) atoms. The van der Waals surface area contributed by atoms with Crippen LogP contribution >= 0.6 is 23.4 Å². The first-order valence-electron chi connectivity index (χ1n) is 24.7. The number of fused-ring (bicyclic) bond motifs is 1. The van der Waals surface area contributed by atoms with E-state index in [1.54, 1.807) is 24.3 Å². The highest BCUT2D eigenvalue weighted by molar-refractivity contribution is 7.99. The van der Waals surface area contributed by atoms with Crippen molar-refractivity contribution in [2.45, 2.75) is 91.1 Å². The number of benzene rings is 4. The Kier molecular flexibility index (Phi) is 15.3. The predicted octanol–water partition coefficient (Wildman–Crippen LogP) is 10.1. The number of carbonyl (C=O) groups excluding carboxylic acids is 1. The molecular weight excluding hydrogens is 1010 g/mol. The van der Waals surface area contributed by atoms with E-state index in [1.807, 2.05) is 35.1 Å². The number of halogens is 5. The quantitative estimate of drug-likeness (QED) is 0.0824. The Morgan fingerprint density at radius 2 is 1.51 bits per heavy atom. The number of thioether (sulfide) groups is 1. The van der Waals surface area contributed by atoms with Crippen LogP contribution in [0.4, 0.5) is 28.9 Å². The zero-order valence-electron chi connectivity index (χ0n) is 40.9. The van der Waals surface area contributed by atoms with Crippen LogP contribution in [0.25, 0.3) is 5.57 Å². The van der Waals surface area contributed by atoms with Crippen molar-refractivity contribution in [3.63, 3.8) is 0 Å². The number of hydrogen-bond donors (Lipinski definition) is 2. The van der Waals surface area contributed by atoms with Crippen molar-refractivity contribution in [3.8, 4) is 0 Å². The van der Waals surface area contributed by atoms with E-state index < -0.39 is 47.1 Å². The van der Waals surface area contributed by atoms with E-state index in [2.05, 4.69) is 45.7 Å². The first-order chi connectivity index (χ1) is 34.1. The second-order valence-corrected chi connectivity index (χ2v) is 26.5. The van der Waals surface area contributed by atoms with E-state index in [1.165, 1.54) is 48.4 Å². The summed E-state index contributed by atoms with van der Waals surface area (Å²) in [4.78, 5) is 21.7. The second-order valence-electron chi connectivity index (χ2n) is 21.3. The van der Waals surface area contributed by atoms with Gasteiger partial charge in [-0.25, -0.2) is 25.9 Å². The summed E-state index contributed by atoms with van der Waals surface area (Å²) >= 11 is 7.55. The minimum absolute atomic E-state index is 0.0190. The second kappa shape index (κ2) is 20.9. The SMILES string of the molecule is CC(C)(C)N1C[C@H]2CN(CC[C@H](CSc3ccccc3)Nc3ccc(S(=O)(=O)NC(=O)c4ccc(N5CCN(CC6=C(c7ccc(Cl)cc7F)CCC7(CC7)C6)CC5)cc4)cc3S(=O)(=O)C(F)(F)F)C[C@@H]2C1. The maximum Gasteiger partial charge on any atom is 0.501 e. The molecule has 11 nitrogen and oxygen atoms in total. The van der Waals surface area contributed by atoms with Gasteiger partial charge in [0.25, 0.3) is 25.8 Å². The Labute approximate surface area is 430 Å². The van der Waals surface area contributed by atoms with E-state index >= 15 is 4.39 Å². The van der Waals surface area contributed by atoms with E-state index in [-0.39, 0.29) is 22.6 Å². The molecule has 3 heterocycles. The number of piperazine rings is 1. The van der Waals surface area contributed by atoms with Gasteiger partial charge in [-0.05, 0) is 149 Å². The average Bonchev–Trinajstić information content (AvgIpc) is 3.76. The van der Waals surface area contributed by atoms with Crippen molar-refractivity contribution in [3.05, 3.63) is 119 Å². The standard InChI is InChI=1S/C53H63ClF4N6O5S3/c1-51(2,3)64-33-38-31-62(32-39(38)34-64)22-18-41(35-70-43-7-5-4-6-8-43)59-48-16-14-44(28-49(48)71(66,67)53(56,57)58)72(68,69)60-50(65)36-9-12-42(13-10-36)63-25-23-61(24-26-63)30-37-29-52(20-21-52)19-17-45(37)46-15-11-40(54)27-47(46)55/h4-16,27-28,38-39,41,59H,17-26,29-35H2,1-3H3,(H,60,65)/t38-,39-,41-/m1/s1. The third-order valence-corrected chi connectivity index (χ3v) is 19.6. The number of anilines is 2. The normalized spacial score (nSPS) is 21.5. The third-order valence-electron chi connectivity index (χ3n) is 15.4. The lowest BCUT2D eigenvalue weighted by Gasteiger charge is -2.38. The molecule has 1 amide bonds. The Bertz CT molecular complexity index is 2880. The maximum atomic E-state index is 15.1. The lowest BCUT2D eigenvalue weighted by molar-refractivity contribution is -0.0435. The molecular formula is C53H63ClF4N6O5S3. The molecule has 19 heteroatoms. The van der Waals surface area contributed by atoms with Crippen LogP contribution in [0.5, 0.6) is 0 Å². The smallest absolute Gasteiger partial charge is 0.380 e. The van der Waals surface area contributed by atoms with Crippen molar-refractivity contribution in [2.75, 3.05) is 81.4 Å². The Hall–Kier alpha value is -4.17. The summed E-state index contributed by atoms with van der Waals surface area (Å²) in [7, 11) is -10.9. The molecule has 2 N–H and O–H groups in total. The fourth-order valence-electron chi connectivity index (χ4n) is 11.0. The minimum Gasteiger partial charge on any atom is -0.380 e. The summed E-state index contributed by atoms with van der Waals surface area (Å²) < 4.78 is 114. The van der Waals surface area contributed by atoms with Gasteiger partial charge in [0.2, 0.25) is 0 Å². The molecule has 4 fully saturated rings. The number of carbonyl (C=O) groups is 1. The number of nitrogens with one attached hydrogen (secondary N) is 2. The molecule has 1 saturated carbocycles. The lowest BCUT2D eigenvalue weighted by atomic mass is 9.78. The van der Waals surface area contributed by atoms with Crippen LogP contribution in [0.1, 0.15) is 75.2 Å². The zero-order chi connectivity index (χ0) is 51.2. The number of allylic oxidation sites excluding steroid dienone is 1. The van der Waals surface area contributed by atoms with Gasteiger partial charge in [0.05, 0.1) is 10.6 Å². The predicted molar refractivity (Wildman–Crippen MR) is 277 cm³/mol. The minimum atomic E-state index is -6.08. The molecule has 0 aromatic heterocycles. The van der Waals surface area contributed by atoms with E-state index in [0.717, 1.165) is 93.4 Å². The highest BCUT2D eigenvalue weighted by atomic mass is 35.5. The molecule has 0 unspecified atom stereocenters. The average molecular weight is 1070 g/mol. The molecule has 4 aromatic rings. The molecule has 4 aromatic carbocycles. The van der Waals surface area contributed by atoms with Gasteiger partial charge in [-0.1, -0.05) is 41.4 Å². The van der Waals surface area contributed by atoms with Gasteiger partial charge in [0.1, 0.15) is 10.7 Å². The van der Waals surface area contributed by atoms with Gasteiger partial charge in [-0.15, -0.1) is 11.8 Å². The number of nitrogens with zero attached hydrogens (tertiary/aromatic N) is 4. The van der Waals surface area contributed by atoms with Gasteiger partial charge in [0.15, 0.2) is 0 Å². The van der Waals surface area contributed by atoms with Gasteiger partial charge in [-0.2, -0.15) is 13.2 Å². The fraction of sp³-hybridized carbons (Fsp3) is 0.491. The van der Waals surface area contributed by atoms with E-state index in [9.17, 15) is 34.8 Å². The van der Waals surface area contributed by atoms with Gasteiger partial charge in [0, 0.05) is 110 Å². The number of sulfone groups is 1. The lowest BCUT2D eigenvalue weighted by Crippen LogP contribution is -2.47. The Morgan fingerprint density at radius 1 is 0.833 bits per heavy atom.